The summed E-state index contributed by atoms with van der Waals surface area (Å²) in [6.07, 6.45) is 0. The summed E-state index contributed by atoms with van der Waals surface area (Å²) < 4.78 is 0. The normalized spacial score (nSPS) is 9.33. The van der Waals surface area contributed by atoms with Gasteiger partial charge in [-0.15, -0.1) is 5.54 Å². The van der Waals surface area contributed by atoms with E-state index in [1.54, 1.807) is 0 Å². The second-order valence-corrected chi connectivity index (χ2v) is 5.69. The molecule has 1 heterocycles. The molecule has 1 aromatic rings. The molecule has 0 aliphatic carbocycles. The molecule has 12 heavy (non-hydrogen) atoms. The summed E-state index contributed by atoms with van der Waals surface area (Å²) in [5.74, 6) is 3.09. The van der Waals surface area contributed by atoms with Gasteiger partial charge in [0.15, 0.2) is 0 Å². The van der Waals surface area contributed by atoms with Crippen LogP contribution < -0.4 is 0 Å². The zero-order valence-electron chi connectivity index (χ0n) is 7.76. The van der Waals surface area contributed by atoms with E-state index in [4.69, 9.17) is 0 Å². The molecule has 0 N–H and O–H groups in total. The molecule has 62 valence electrons. The average molecular weight is 175 g/mol. The lowest BCUT2D eigenvalue weighted by Crippen LogP contribution is -1.94. The third-order valence-corrected chi connectivity index (χ3v) is 2.10. The topological polar surface area (TPSA) is 12.9 Å². The van der Waals surface area contributed by atoms with Crippen molar-refractivity contribution in [2.75, 3.05) is 0 Å². The van der Waals surface area contributed by atoms with Crippen molar-refractivity contribution in [3.8, 4) is 11.5 Å². The number of hydrogen-bond acceptors (Lipinski definition) is 1. The minimum Gasteiger partial charge on any atom is -0.245 e. The third kappa shape index (κ3) is 2.89. The summed E-state index contributed by atoms with van der Waals surface area (Å²) >= 11 is 0. The van der Waals surface area contributed by atoms with Crippen LogP contribution in [-0.4, -0.2) is 13.8 Å². The highest BCUT2D eigenvalue weighted by atomic mass is 28.3. The Morgan fingerprint density at radius 2 is 2.08 bits per heavy atom. The predicted molar refractivity (Wildman–Crippen MR) is 54.7 cm³/mol. The molecule has 0 radical (unpaired) electrons. The standard InChI is InChI=1S/C10H13NSi/c1-9-5-4-6-10(11-9)7-8-12(2)3/h4-6,12H,1-3H3. The molecule has 0 aromatic carbocycles. The third-order valence-electron chi connectivity index (χ3n) is 1.38. The van der Waals surface area contributed by atoms with Crippen LogP contribution in [0.25, 0.3) is 0 Å². The van der Waals surface area contributed by atoms with E-state index in [1.807, 2.05) is 25.1 Å². The first-order valence-corrected chi connectivity index (χ1v) is 7.02. The fourth-order valence-electron chi connectivity index (χ4n) is 0.831. The predicted octanol–water partition coefficient (Wildman–Crippen LogP) is 1.77. The maximum Gasteiger partial charge on any atom is 0.117 e. The molecule has 0 amide bonds. The van der Waals surface area contributed by atoms with Crippen LogP contribution in [0.3, 0.4) is 0 Å². The number of aryl methyl sites for hydroxylation is 1. The second-order valence-electron chi connectivity index (χ2n) is 3.09. The van der Waals surface area contributed by atoms with Crippen molar-refractivity contribution >= 4 is 8.80 Å². The van der Waals surface area contributed by atoms with E-state index >= 15 is 0 Å². The lowest BCUT2D eigenvalue weighted by Gasteiger charge is -1.91. The van der Waals surface area contributed by atoms with Crippen LogP contribution in [0.2, 0.25) is 13.1 Å². The summed E-state index contributed by atoms with van der Waals surface area (Å²) in [7, 11) is -0.757. The molecular formula is C10H13NSi. The Morgan fingerprint density at radius 1 is 1.33 bits per heavy atom. The largest absolute Gasteiger partial charge is 0.245 e. The molecule has 0 spiro atoms. The van der Waals surface area contributed by atoms with Gasteiger partial charge in [-0.25, -0.2) is 4.98 Å². The molecule has 0 aliphatic heterocycles. The van der Waals surface area contributed by atoms with Crippen molar-refractivity contribution in [3.63, 3.8) is 0 Å². The molecule has 0 saturated heterocycles. The van der Waals surface area contributed by atoms with E-state index < -0.39 is 8.80 Å². The van der Waals surface area contributed by atoms with Crippen molar-refractivity contribution < 1.29 is 0 Å². The van der Waals surface area contributed by atoms with Gasteiger partial charge < -0.3 is 0 Å². The van der Waals surface area contributed by atoms with Crippen LogP contribution in [0.1, 0.15) is 11.4 Å². The summed E-state index contributed by atoms with van der Waals surface area (Å²) in [6, 6.07) is 5.93. The lowest BCUT2D eigenvalue weighted by molar-refractivity contribution is 1.18. The first kappa shape index (κ1) is 9.02. The highest BCUT2D eigenvalue weighted by Crippen LogP contribution is 1.95. The van der Waals surface area contributed by atoms with Gasteiger partial charge in [0.1, 0.15) is 14.5 Å². The Labute approximate surface area is 75.5 Å². The van der Waals surface area contributed by atoms with Gasteiger partial charge in [-0.05, 0) is 19.1 Å². The molecule has 0 atom stereocenters. The lowest BCUT2D eigenvalue weighted by atomic mass is 10.3. The summed E-state index contributed by atoms with van der Waals surface area (Å²) in [5, 5.41) is 0. The Hall–Kier alpha value is -1.07. The van der Waals surface area contributed by atoms with Crippen LogP contribution in [0.4, 0.5) is 0 Å². The van der Waals surface area contributed by atoms with Gasteiger partial charge >= 0.3 is 0 Å². The van der Waals surface area contributed by atoms with Gasteiger partial charge in [-0.1, -0.05) is 25.1 Å². The molecule has 1 rings (SSSR count). The van der Waals surface area contributed by atoms with Gasteiger partial charge in [-0.3, -0.25) is 0 Å². The minimum absolute atomic E-state index is 0.757. The van der Waals surface area contributed by atoms with Gasteiger partial charge in [0.2, 0.25) is 0 Å². The second kappa shape index (κ2) is 4.08. The van der Waals surface area contributed by atoms with E-state index in [1.165, 1.54) is 0 Å². The van der Waals surface area contributed by atoms with Crippen molar-refractivity contribution in [3.05, 3.63) is 29.6 Å². The Bertz CT molecular complexity index is 320. The van der Waals surface area contributed by atoms with E-state index in [2.05, 4.69) is 29.5 Å². The van der Waals surface area contributed by atoms with Crippen molar-refractivity contribution in [1.82, 2.24) is 4.98 Å². The molecule has 0 fully saturated rings. The SMILES string of the molecule is Cc1cccc(C#C[SiH](C)C)n1. The van der Waals surface area contributed by atoms with Gasteiger partial charge in [0, 0.05) is 5.69 Å². The number of rotatable bonds is 0. The zero-order valence-corrected chi connectivity index (χ0v) is 8.91. The molecule has 1 nitrogen and oxygen atoms in total. The fourth-order valence-corrected chi connectivity index (χ4v) is 1.27. The Balaban J connectivity index is 2.85. The zero-order chi connectivity index (χ0) is 8.97. The maximum atomic E-state index is 4.29. The van der Waals surface area contributed by atoms with Gasteiger partial charge in [0.25, 0.3) is 0 Å². The Kier molecular flexibility index (Phi) is 3.07. The molecule has 1 aromatic heterocycles. The number of pyridine rings is 1. The molecule has 0 saturated carbocycles. The van der Waals surface area contributed by atoms with Crippen LogP contribution >= 0.6 is 0 Å². The van der Waals surface area contributed by atoms with E-state index in [-0.39, 0.29) is 0 Å². The van der Waals surface area contributed by atoms with Crippen LogP contribution in [0.15, 0.2) is 18.2 Å². The van der Waals surface area contributed by atoms with Gasteiger partial charge in [0.05, 0.1) is 0 Å². The molecule has 0 aliphatic rings. The smallest absolute Gasteiger partial charge is 0.117 e. The van der Waals surface area contributed by atoms with Crippen molar-refractivity contribution in [1.29, 1.82) is 0 Å². The monoisotopic (exact) mass is 175 g/mol. The molecule has 0 bridgehead atoms. The number of nitrogens with zero attached hydrogens (tertiary/aromatic N) is 1. The summed E-state index contributed by atoms with van der Waals surface area (Å²) in [6.45, 7) is 6.41. The maximum absolute atomic E-state index is 4.29. The summed E-state index contributed by atoms with van der Waals surface area (Å²) in [5.41, 5.74) is 5.15. The van der Waals surface area contributed by atoms with E-state index in [9.17, 15) is 0 Å². The van der Waals surface area contributed by atoms with Crippen LogP contribution in [-0.2, 0) is 0 Å². The minimum atomic E-state index is -0.757. The van der Waals surface area contributed by atoms with Crippen LogP contribution in [0.5, 0.6) is 0 Å². The highest BCUT2D eigenvalue weighted by Gasteiger charge is 1.89. The van der Waals surface area contributed by atoms with Crippen LogP contribution in [0, 0.1) is 18.4 Å². The quantitative estimate of drug-likeness (QED) is 0.432. The van der Waals surface area contributed by atoms with Crippen molar-refractivity contribution in [2.45, 2.75) is 20.0 Å². The van der Waals surface area contributed by atoms with E-state index in [0.29, 0.717) is 0 Å². The first-order chi connectivity index (χ1) is 5.68. The van der Waals surface area contributed by atoms with Crippen molar-refractivity contribution in [2.24, 2.45) is 0 Å². The Morgan fingerprint density at radius 3 is 2.67 bits per heavy atom. The molecular weight excluding hydrogens is 162 g/mol. The molecule has 0 unspecified atom stereocenters. The molecule has 2 heteroatoms. The van der Waals surface area contributed by atoms with E-state index in [0.717, 1.165) is 11.4 Å². The van der Waals surface area contributed by atoms with Gasteiger partial charge in [-0.2, -0.15) is 0 Å². The average Bonchev–Trinajstić information content (AvgIpc) is 2.01. The number of aromatic nitrogens is 1. The first-order valence-electron chi connectivity index (χ1n) is 4.13. The highest BCUT2D eigenvalue weighted by molar-refractivity contribution is 6.64. The number of hydrogen-bond donors (Lipinski definition) is 0. The summed E-state index contributed by atoms with van der Waals surface area (Å²) in [4.78, 5) is 4.29. The fraction of sp³-hybridized carbons (Fsp3) is 0.300.